The summed E-state index contributed by atoms with van der Waals surface area (Å²) in [6, 6.07) is 22.1. The molecule has 0 saturated carbocycles. The molecule has 0 heterocycles. The summed E-state index contributed by atoms with van der Waals surface area (Å²) in [5, 5.41) is 20.9. The second kappa shape index (κ2) is 21.3. The van der Waals surface area contributed by atoms with Crippen LogP contribution in [0.1, 0.15) is 139 Å². The van der Waals surface area contributed by atoms with Crippen molar-refractivity contribution >= 4 is 23.9 Å². The Hall–Kier alpha value is -7.06. The van der Waals surface area contributed by atoms with E-state index >= 15 is 0 Å². The summed E-state index contributed by atoms with van der Waals surface area (Å²) < 4.78 is 48.1. The molecule has 0 amide bonds. The van der Waals surface area contributed by atoms with Gasteiger partial charge in [-0.15, -0.1) is 0 Å². The van der Waals surface area contributed by atoms with E-state index in [4.69, 9.17) is 37.9 Å². The molecule has 14 nitrogen and oxygen atoms in total. The first kappa shape index (κ1) is 51.9. The summed E-state index contributed by atoms with van der Waals surface area (Å²) in [5.74, 6) is -1.22. The number of nitriles is 2. The zero-order chi connectivity index (χ0) is 50.2. The standard InChI is InChI=1S/C54H62N2O12/c1-51(2,3)65-43(57)29-61-47-35-15-13-16-36(47)24-40-20-34(28-56)22-42(50(40)64-32-46(60)68-54(10,11)12)26-38-18-14-17-37(48(38)62-30-44(58)66-52(4,5)6)25-41-21-33(27-55)19-39(23-35)49(41)63-31-45(59)67-53(7,8)9/h13-22H,23-26,29-32H2,1-12H3. The Bertz CT molecular complexity index is 2350. The number of rotatable bonds is 12. The van der Waals surface area contributed by atoms with Crippen LogP contribution in [0.4, 0.5) is 0 Å². The van der Waals surface area contributed by atoms with Gasteiger partial charge < -0.3 is 37.9 Å². The van der Waals surface area contributed by atoms with Crippen LogP contribution in [0.5, 0.6) is 23.0 Å². The Kier molecular flexibility index (Phi) is 16.2. The van der Waals surface area contributed by atoms with Gasteiger partial charge in [-0.1, -0.05) is 36.4 Å². The third-order valence-corrected chi connectivity index (χ3v) is 9.64. The molecule has 68 heavy (non-hydrogen) atoms. The summed E-state index contributed by atoms with van der Waals surface area (Å²) in [5.41, 5.74) is 1.78. The fourth-order valence-electron chi connectivity index (χ4n) is 7.57. The van der Waals surface area contributed by atoms with Crippen molar-refractivity contribution in [2.45, 2.75) is 131 Å². The number of carbonyl (C=O) groups is 4. The minimum Gasteiger partial charge on any atom is -0.481 e. The fraction of sp³-hybridized carbons (Fsp3) is 0.444. The topological polar surface area (TPSA) is 190 Å². The maximum Gasteiger partial charge on any atom is 0.344 e. The summed E-state index contributed by atoms with van der Waals surface area (Å²) in [6.45, 7) is 19.2. The van der Waals surface area contributed by atoms with Crippen LogP contribution in [0.3, 0.4) is 0 Å². The molecule has 14 heteroatoms. The van der Waals surface area contributed by atoms with Gasteiger partial charge in [0.2, 0.25) is 0 Å². The van der Waals surface area contributed by atoms with E-state index < -0.39 is 72.7 Å². The molecule has 360 valence electrons. The Morgan fingerprint density at radius 3 is 0.794 bits per heavy atom. The molecule has 0 radical (unpaired) electrons. The predicted octanol–water partition coefficient (Wildman–Crippen LogP) is 8.99. The maximum absolute atomic E-state index is 13.2. The van der Waals surface area contributed by atoms with Crippen molar-refractivity contribution in [1.82, 2.24) is 0 Å². The van der Waals surface area contributed by atoms with Crippen molar-refractivity contribution in [3.63, 3.8) is 0 Å². The van der Waals surface area contributed by atoms with Gasteiger partial charge in [-0.3, -0.25) is 0 Å². The highest BCUT2D eigenvalue weighted by molar-refractivity contribution is 5.74. The van der Waals surface area contributed by atoms with Crippen molar-refractivity contribution in [1.29, 1.82) is 10.5 Å². The van der Waals surface area contributed by atoms with Gasteiger partial charge in [0, 0.05) is 47.9 Å². The van der Waals surface area contributed by atoms with Gasteiger partial charge in [0.1, 0.15) is 45.4 Å². The lowest BCUT2D eigenvalue weighted by atomic mass is 9.90. The number of para-hydroxylation sites is 2. The molecule has 0 unspecified atom stereocenters. The van der Waals surface area contributed by atoms with Crippen LogP contribution in [0.25, 0.3) is 0 Å². The highest BCUT2D eigenvalue weighted by Gasteiger charge is 2.27. The van der Waals surface area contributed by atoms with Crippen molar-refractivity contribution in [2.24, 2.45) is 0 Å². The van der Waals surface area contributed by atoms with E-state index in [1.807, 2.05) is 36.4 Å². The Balaban J connectivity index is 1.81. The van der Waals surface area contributed by atoms with Gasteiger partial charge in [0.25, 0.3) is 0 Å². The lowest BCUT2D eigenvalue weighted by Crippen LogP contribution is -2.28. The smallest absolute Gasteiger partial charge is 0.344 e. The summed E-state index contributed by atoms with van der Waals surface area (Å²) in [4.78, 5) is 52.9. The van der Waals surface area contributed by atoms with Crippen LogP contribution < -0.4 is 18.9 Å². The van der Waals surface area contributed by atoms with E-state index in [-0.39, 0.29) is 25.7 Å². The quantitative estimate of drug-likeness (QED) is 0.0851. The number of esters is 4. The molecule has 5 rings (SSSR count). The van der Waals surface area contributed by atoms with Crippen LogP contribution in [0.15, 0.2) is 60.7 Å². The number of nitrogens with zero attached hydrogens (tertiary/aromatic N) is 2. The number of hydrogen-bond acceptors (Lipinski definition) is 14. The zero-order valence-corrected chi connectivity index (χ0v) is 41.2. The Morgan fingerprint density at radius 2 is 0.603 bits per heavy atom. The van der Waals surface area contributed by atoms with Gasteiger partial charge >= 0.3 is 23.9 Å². The molecule has 0 aliphatic heterocycles. The Labute approximate surface area is 399 Å². The summed E-state index contributed by atoms with van der Waals surface area (Å²) >= 11 is 0. The van der Waals surface area contributed by atoms with Crippen LogP contribution >= 0.6 is 0 Å². The van der Waals surface area contributed by atoms with E-state index in [0.717, 1.165) is 0 Å². The first-order chi connectivity index (χ1) is 31.7. The molecule has 0 N–H and O–H groups in total. The second-order valence-electron chi connectivity index (χ2n) is 20.5. The van der Waals surface area contributed by atoms with E-state index in [2.05, 4.69) is 12.1 Å². The highest BCUT2D eigenvalue weighted by atomic mass is 16.6. The van der Waals surface area contributed by atoms with E-state index in [0.29, 0.717) is 78.6 Å². The molecular formula is C54H62N2O12. The van der Waals surface area contributed by atoms with Crippen molar-refractivity contribution in [3.05, 3.63) is 116 Å². The van der Waals surface area contributed by atoms with Crippen LogP contribution in [0, 0.1) is 22.7 Å². The third-order valence-electron chi connectivity index (χ3n) is 9.64. The number of hydrogen-bond donors (Lipinski definition) is 0. The summed E-state index contributed by atoms with van der Waals surface area (Å²) in [7, 11) is 0. The molecule has 0 atom stereocenters. The minimum atomic E-state index is -0.796. The predicted molar refractivity (Wildman–Crippen MR) is 252 cm³/mol. The lowest BCUT2D eigenvalue weighted by molar-refractivity contribution is -0.158. The van der Waals surface area contributed by atoms with Crippen molar-refractivity contribution in [2.75, 3.05) is 26.4 Å². The van der Waals surface area contributed by atoms with Crippen molar-refractivity contribution < 1.29 is 57.1 Å². The molecule has 8 bridgehead atoms. The average Bonchev–Trinajstić information content (AvgIpc) is 3.19. The van der Waals surface area contributed by atoms with Crippen molar-refractivity contribution in [3.8, 4) is 35.1 Å². The second-order valence-corrected chi connectivity index (χ2v) is 20.5. The molecular weight excluding hydrogens is 869 g/mol. The van der Waals surface area contributed by atoms with Gasteiger partial charge in [0.15, 0.2) is 26.4 Å². The number of fused-ring (bicyclic) bond motifs is 8. The molecule has 4 aromatic carbocycles. The molecule has 1 aliphatic carbocycles. The summed E-state index contributed by atoms with van der Waals surface area (Å²) in [6.07, 6.45) is 0.322. The molecule has 1 aliphatic rings. The Morgan fingerprint density at radius 1 is 0.397 bits per heavy atom. The number of ether oxygens (including phenoxy) is 8. The van der Waals surface area contributed by atoms with Gasteiger partial charge in [-0.2, -0.15) is 10.5 Å². The molecule has 0 spiro atoms. The molecule has 0 saturated heterocycles. The number of benzene rings is 4. The first-order valence-corrected chi connectivity index (χ1v) is 22.4. The van der Waals surface area contributed by atoms with E-state index in [1.165, 1.54) is 0 Å². The fourth-order valence-corrected chi connectivity index (χ4v) is 7.57. The minimum absolute atomic E-state index is 0.0805. The SMILES string of the molecule is CC(C)(C)OC(=O)COc1c2cccc1Cc1cc(C#N)cc(c1OCC(=O)OC(C)(C)C)Cc1cccc(c1OCC(=O)OC(C)(C)C)Cc1cc(C#N)cc(c1OCC(=O)OC(C)(C)C)C2. The van der Waals surface area contributed by atoms with E-state index in [9.17, 15) is 29.7 Å². The molecule has 0 fully saturated rings. The molecule has 0 aromatic heterocycles. The largest absolute Gasteiger partial charge is 0.481 e. The normalized spacial score (nSPS) is 12.6. The third kappa shape index (κ3) is 15.5. The molecule has 4 aromatic rings. The zero-order valence-electron chi connectivity index (χ0n) is 41.2. The monoisotopic (exact) mass is 930 g/mol. The van der Waals surface area contributed by atoms with E-state index in [1.54, 1.807) is 107 Å². The van der Waals surface area contributed by atoms with Crippen LogP contribution in [0.2, 0.25) is 0 Å². The van der Waals surface area contributed by atoms with Gasteiger partial charge in [-0.05, 0) is 130 Å². The highest BCUT2D eigenvalue weighted by Crippen LogP contribution is 2.40. The van der Waals surface area contributed by atoms with Crippen LogP contribution in [-0.4, -0.2) is 72.7 Å². The number of carbonyl (C=O) groups excluding carboxylic acids is 4. The van der Waals surface area contributed by atoms with Gasteiger partial charge in [-0.25, -0.2) is 19.2 Å². The van der Waals surface area contributed by atoms with Crippen LogP contribution in [-0.2, 0) is 63.8 Å². The lowest BCUT2D eigenvalue weighted by Gasteiger charge is -2.24. The van der Waals surface area contributed by atoms with Gasteiger partial charge in [0.05, 0.1) is 23.3 Å². The average molecular weight is 931 g/mol. The maximum atomic E-state index is 13.2. The first-order valence-electron chi connectivity index (χ1n) is 22.4.